The number of barbiturate groups is 1. The highest BCUT2D eigenvalue weighted by molar-refractivity contribution is 9.10. The summed E-state index contributed by atoms with van der Waals surface area (Å²) in [6.45, 7) is 0.194. The van der Waals surface area contributed by atoms with Crippen LogP contribution in [-0.4, -0.2) is 17.8 Å². The average molecular weight is 578 g/mol. The van der Waals surface area contributed by atoms with Crippen LogP contribution < -0.4 is 14.5 Å². The molecule has 0 N–H and O–H groups in total. The SMILES string of the molecule is N#Cc1ccccc1COc1ccc(C=C2C(=O)N(c3ccccc3)C(=O)N(c3ccccc3)C2=O)cc1Br. The Morgan fingerprint density at radius 2 is 1.33 bits per heavy atom. The maximum absolute atomic E-state index is 13.5. The van der Waals surface area contributed by atoms with Crippen molar-refractivity contribution in [1.29, 1.82) is 5.26 Å². The molecule has 0 saturated carbocycles. The lowest BCUT2D eigenvalue weighted by Crippen LogP contribution is -2.57. The molecule has 1 aliphatic heterocycles. The van der Waals surface area contributed by atoms with E-state index in [9.17, 15) is 19.6 Å². The molecular formula is C31H20BrN3O4. The van der Waals surface area contributed by atoms with E-state index in [1.54, 1.807) is 91.0 Å². The number of anilines is 2. The first kappa shape index (κ1) is 25.6. The Bertz CT molecular complexity index is 1580. The summed E-state index contributed by atoms with van der Waals surface area (Å²) in [6.07, 6.45) is 1.46. The van der Waals surface area contributed by atoms with Crippen LogP contribution in [0, 0.1) is 11.3 Å². The van der Waals surface area contributed by atoms with Crippen LogP contribution in [0.25, 0.3) is 6.08 Å². The first-order valence-electron chi connectivity index (χ1n) is 11.9. The molecule has 4 aromatic carbocycles. The second-order valence-electron chi connectivity index (χ2n) is 8.54. The fourth-order valence-electron chi connectivity index (χ4n) is 4.14. The van der Waals surface area contributed by atoms with Crippen molar-refractivity contribution in [2.75, 3.05) is 9.80 Å². The Balaban J connectivity index is 1.48. The molecule has 1 aliphatic rings. The van der Waals surface area contributed by atoms with E-state index >= 15 is 0 Å². The molecular weight excluding hydrogens is 558 g/mol. The molecule has 39 heavy (non-hydrogen) atoms. The minimum absolute atomic E-state index is 0.161. The van der Waals surface area contributed by atoms with Crippen LogP contribution in [0.1, 0.15) is 16.7 Å². The summed E-state index contributed by atoms with van der Waals surface area (Å²) >= 11 is 3.49. The van der Waals surface area contributed by atoms with Crippen molar-refractivity contribution in [1.82, 2.24) is 0 Å². The first-order chi connectivity index (χ1) is 19.0. The van der Waals surface area contributed by atoms with Gasteiger partial charge >= 0.3 is 6.03 Å². The maximum Gasteiger partial charge on any atom is 0.343 e. The van der Waals surface area contributed by atoms with E-state index in [-0.39, 0.29) is 12.2 Å². The summed E-state index contributed by atoms with van der Waals surface area (Å²) in [6, 6.07) is 30.7. The van der Waals surface area contributed by atoms with Crippen LogP contribution in [0.4, 0.5) is 16.2 Å². The topological polar surface area (TPSA) is 90.7 Å². The molecule has 7 nitrogen and oxygen atoms in total. The molecule has 0 bridgehead atoms. The molecule has 4 aromatic rings. The summed E-state index contributed by atoms with van der Waals surface area (Å²) in [5.74, 6) is -0.904. The number of halogens is 1. The number of imide groups is 2. The fourth-order valence-corrected chi connectivity index (χ4v) is 4.65. The Labute approximate surface area is 233 Å². The first-order valence-corrected chi connectivity index (χ1v) is 12.7. The van der Waals surface area contributed by atoms with E-state index in [4.69, 9.17) is 4.74 Å². The lowest BCUT2D eigenvalue weighted by atomic mass is 10.0. The van der Waals surface area contributed by atoms with Gasteiger partial charge in [0.15, 0.2) is 0 Å². The van der Waals surface area contributed by atoms with Gasteiger partial charge in [0.05, 0.1) is 27.5 Å². The highest BCUT2D eigenvalue weighted by Gasteiger charge is 2.43. The van der Waals surface area contributed by atoms with E-state index < -0.39 is 17.8 Å². The van der Waals surface area contributed by atoms with Crippen LogP contribution >= 0.6 is 15.9 Å². The van der Waals surface area contributed by atoms with Crippen molar-refractivity contribution in [2.45, 2.75) is 6.61 Å². The van der Waals surface area contributed by atoms with Gasteiger partial charge in [0, 0.05) is 5.56 Å². The van der Waals surface area contributed by atoms with E-state index in [0.717, 1.165) is 15.4 Å². The number of benzene rings is 4. The number of hydrogen-bond acceptors (Lipinski definition) is 5. The third kappa shape index (κ3) is 5.21. The monoisotopic (exact) mass is 577 g/mol. The van der Waals surface area contributed by atoms with Gasteiger partial charge in [-0.05, 0) is 70.0 Å². The number of nitriles is 1. The molecule has 5 rings (SSSR count). The molecule has 1 heterocycles. The van der Waals surface area contributed by atoms with E-state index in [2.05, 4.69) is 22.0 Å². The average Bonchev–Trinajstić information content (AvgIpc) is 2.96. The third-order valence-corrected chi connectivity index (χ3v) is 6.69. The van der Waals surface area contributed by atoms with Crippen molar-refractivity contribution in [3.05, 3.63) is 130 Å². The van der Waals surface area contributed by atoms with Gasteiger partial charge in [-0.25, -0.2) is 14.6 Å². The molecule has 0 atom stereocenters. The molecule has 190 valence electrons. The maximum atomic E-state index is 13.5. The number of carbonyl (C=O) groups excluding carboxylic acids is 3. The lowest BCUT2D eigenvalue weighted by molar-refractivity contribution is -0.121. The van der Waals surface area contributed by atoms with Crippen LogP contribution in [0.3, 0.4) is 0 Å². The minimum atomic E-state index is -0.748. The lowest BCUT2D eigenvalue weighted by Gasteiger charge is -2.33. The van der Waals surface area contributed by atoms with Gasteiger partial charge in [-0.1, -0.05) is 60.7 Å². The van der Waals surface area contributed by atoms with Crippen LogP contribution in [0.5, 0.6) is 5.75 Å². The minimum Gasteiger partial charge on any atom is -0.488 e. The predicted octanol–water partition coefficient (Wildman–Crippen LogP) is 6.48. The van der Waals surface area contributed by atoms with Crippen molar-refractivity contribution in [2.24, 2.45) is 0 Å². The Kier molecular flexibility index (Phi) is 7.34. The number of amides is 4. The highest BCUT2D eigenvalue weighted by atomic mass is 79.9. The van der Waals surface area contributed by atoms with Crippen LogP contribution in [0.15, 0.2) is 113 Å². The fraction of sp³-hybridized carbons (Fsp3) is 0.0323. The Hall–Kier alpha value is -5.00. The number of hydrogen-bond donors (Lipinski definition) is 0. The van der Waals surface area contributed by atoms with Crippen LogP contribution in [-0.2, 0) is 16.2 Å². The van der Waals surface area contributed by atoms with Gasteiger partial charge in [0.1, 0.15) is 17.9 Å². The van der Waals surface area contributed by atoms with Gasteiger partial charge in [0.25, 0.3) is 11.8 Å². The molecule has 0 aromatic heterocycles. The van der Waals surface area contributed by atoms with Gasteiger partial charge in [-0.2, -0.15) is 5.26 Å². The number of urea groups is 1. The second kappa shape index (κ2) is 11.2. The largest absolute Gasteiger partial charge is 0.488 e. The van der Waals surface area contributed by atoms with Gasteiger partial charge in [-0.15, -0.1) is 0 Å². The van der Waals surface area contributed by atoms with Crippen molar-refractivity contribution in [3.8, 4) is 11.8 Å². The standard InChI is InChI=1S/C31H20BrN3O4/c32-27-18-21(15-16-28(27)39-20-23-10-8-7-9-22(23)19-33)17-26-29(36)34(24-11-3-1-4-12-24)31(38)35(30(26)37)25-13-5-2-6-14-25/h1-18H,20H2. The molecule has 4 amide bonds. The molecule has 0 aliphatic carbocycles. The number of carbonyl (C=O) groups is 3. The highest BCUT2D eigenvalue weighted by Crippen LogP contribution is 2.32. The summed E-state index contributed by atoms with van der Waals surface area (Å²) in [5, 5.41) is 9.30. The summed E-state index contributed by atoms with van der Waals surface area (Å²) in [4.78, 5) is 42.5. The van der Waals surface area contributed by atoms with Crippen molar-refractivity contribution in [3.63, 3.8) is 0 Å². The number of ether oxygens (including phenoxy) is 1. The second-order valence-corrected chi connectivity index (χ2v) is 9.39. The molecule has 1 saturated heterocycles. The molecule has 0 radical (unpaired) electrons. The van der Waals surface area contributed by atoms with Gasteiger partial charge in [-0.3, -0.25) is 9.59 Å². The van der Waals surface area contributed by atoms with E-state index in [1.807, 2.05) is 12.1 Å². The summed E-state index contributed by atoms with van der Waals surface area (Å²) in [5.41, 5.74) is 2.39. The Morgan fingerprint density at radius 1 is 0.769 bits per heavy atom. The third-order valence-electron chi connectivity index (χ3n) is 6.07. The normalized spacial score (nSPS) is 13.3. The Morgan fingerprint density at radius 3 is 1.90 bits per heavy atom. The van der Waals surface area contributed by atoms with E-state index in [1.165, 1.54) is 6.08 Å². The van der Waals surface area contributed by atoms with Crippen molar-refractivity contribution < 1.29 is 19.1 Å². The zero-order chi connectivity index (χ0) is 27.4. The smallest absolute Gasteiger partial charge is 0.343 e. The quantitative estimate of drug-likeness (QED) is 0.193. The molecule has 1 fully saturated rings. The zero-order valence-corrected chi connectivity index (χ0v) is 22.0. The molecule has 0 spiro atoms. The van der Waals surface area contributed by atoms with Gasteiger partial charge in [0.2, 0.25) is 0 Å². The van der Waals surface area contributed by atoms with Gasteiger partial charge < -0.3 is 4.74 Å². The molecule has 0 unspecified atom stereocenters. The van der Waals surface area contributed by atoms with E-state index in [0.29, 0.717) is 32.7 Å². The zero-order valence-electron chi connectivity index (χ0n) is 20.5. The number of para-hydroxylation sites is 2. The number of nitrogens with zero attached hydrogens (tertiary/aromatic N) is 3. The molecule has 8 heteroatoms. The van der Waals surface area contributed by atoms with Crippen molar-refractivity contribution >= 4 is 51.2 Å². The number of rotatable bonds is 6. The summed E-state index contributed by atoms with van der Waals surface area (Å²) < 4.78 is 6.50. The predicted molar refractivity (Wildman–Crippen MR) is 151 cm³/mol. The van der Waals surface area contributed by atoms with Crippen LogP contribution in [0.2, 0.25) is 0 Å². The summed E-state index contributed by atoms with van der Waals surface area (Å²) in [7, 11) is 0.